The van der Waals surface area contributed by atoms with Crippen molar-refractivity contribution in [3.8, 4) is 17.0 Å². The van der Waals surface area contributed by atoms with Gasteiger partial charge < -0.3 is 4.74 Å². The maximum atomic E-state index is 11.3. The number of primary sulfonamides is 1. The van der Waals surface area contributed by atoms with Gasteiger partial charge in [0.15, 0.2) is 0 Å². The summed E-state index contributed by atoms with van der Waals surface area (Å²) in [5, 5.41) is 14.0. The number of aromatic nitrogens is 3. The van der Waals surface area contributed by atoms with Crippen LogP contribution in [0.15, 0.2) is 53.6 Å². The predicted octanol–water partition coefficient (Wildman–Crippen LogP) is 3.08. The van der Waals surface area contributed by atoms with Crippen molar-refractivity contribution in [2.45, 2.75) is 24.8 Å². The van der Waals surface area contributed by atoms with Gasteiger partial charge in [-0.05, 0) is 36.8 Å². The molecular formula is C18H19ClN4O3S. The standard InChI is InChI=1S/C18H19ClN4O3S/c1-2-9-26-18-8-5-15(19)10-14(18)11-23-12-17(21-22-23)13-3-6-16(7-4-13)27(20,24)25/h3-8,10,12H,2,9,11H2,1H3,(H2,20,24,25). The van der Waals surface area contributed by atoms with E-state index in [1.54, 1.807) is 29.1 Å². The second-order valence-electron chi connectivity index (χ2n) is 5.97. The van der Waals surface area contributed by atoms with E-state index in [1.165, 1.54) is 12.1 Å². The van der Waals surface area contributed by atoms with Crippen LogP contribution in [0.25, 0.3) is 11.3 Å². The molecule has 0 saturated carbocycles. The molecule has 0 bridgehead atoms. The number of sulfonamides is 1. The van der Waals surface area contributed by atoms with E-state index < -0.39 is 10.0 Å². The third-order valence-corrected chi connectivity index (χ3v) is 5.00. The quantitative estimate of drug-likeness (QED) is 0.649. The summed E-state index contributed by atoms with van der Waals surface area (Å²) in [6.45, 7) is 3.11. The van der Waals surface area contributed by atoms with Gasteiger partial charge in [0, 0.05) is 16.1 Å². The number of nitrogens with zero attached hydrogens (tertiary/aromatic N) is 3. The molecule has 0 atom stereocenters. The summed E-state index contributed by atoms with van der Waals surface area (Å²) in [4.78, 5) is 0.0512. The lowest BCUT2D eigenvalue weighted by Gasteiger charge is -2.11. The minimum absolute atomic E-state index is 0.0512. The molecule has 2 N–H and O–H groups in total. The van der Waals surface area contributed by atoms with Crippen LogP contribution < -0.4 is 9.88 Å². The van der Waals surface area contributed by atoms with Crippen LogP contribution in [0.4, 0.5) is 0 Å². The molecule has 0 unspecified atom stereocenters. The lowest BCUT2D eigenvalue weighted by molar-refractivity contribution is 0.313. The minimum Gasteiger partial charge on any atom is -0.493 e. The molecular weight excluding hydrogens is 388 g/mol. The highest BCUT2D eigenvalue weighted by molar-refractivity contribution is 7.89. The Kier molecular flexibility index (Phi) is 5.79. The number of nitrogens with two attached hydrogens (primary N) is 1. The van der Waals surface area contributed by atoms with Crippen molar-refractivity contribution in [2.24, 2.45) is 5.14 Å². The maximum Gasteiger partial charge on any atom is 0.238 e. The number of rotatable bonds is 7. The van der Waals surface area contributed by atoms with Crippen LogP contribution in [0.5, 0.6) is 5.75 Å². The molecule has 0 amide bonds. The first-order valence-corrected chi connectivity index (χ1v) is 10.2. The van der Waals surface area contributed by atoms with E-state index in [0.29, 0.717) is 23.9 Å². The number of benzene rings is 2. The van der Waals surface area contributed by atoms with E-state index in [4.69, 9.17) is 21.5 Å². The van der Waals surface area contributed by atoms with Crippen LogP contribution in [-0.4, -0.2) is 30.0 Å². The maximum absolute atomic E-state index is 11.3. The Hall–Kier alpha value is -2.42. The Morgan fingerprint density at radius 3 is 2.59 bits per heavy atom. The van der Waals surface area contributed by atoms with E-state index >= 15 is 0 Å². The van der Waals surface area contributed by atoms with Gasteiger partial charge in [-0.2, -0.15) is 0 Å². The zero-order chi connectivity index (χ0) is 19.4. The third-order valence-electron chi connectivity index (χ3n) is 3.83. The molecule has 142 valence electrons. The molecule has 9 heteroatoms. The molecule has 7 nitrogen and oxygen atoms in total. The van der Waals surface area contributed by atoms with Crippen molar-refractivity contribution in [1.29, 1.82) is 0 Å². The van der Waals surface area contributed by atoms with Gasteiger partial charge in [0.2, 0.25) is 10.0 Å². The fourth-order valence-electron chi connectivity index (χ4n) is 2.52. The van der Waals surface area contributed by atoms with Gasteiger partial charge in [0.1, 0.15) is 11.4 Å². The first kappa shape index (κ1) is 19.3. The van der Waals surface area contributed by atoms with Crippen molar-refractivity contribution >= 4 is 21.6 Å². The second kappa shape index (κ2) is 8.08. The van der Waals surface area contributed by atoms with E-state index in [2.05, 4.69) is 10.3 Å². The first-order valence-electron chi connectivity index (χ1n) is 8.31. The van der Waals surface area contributed by atoms with Gasteiger partial charge in [-0.25, -0.2) is 18.2 Å². The Morgan fingerprint density at radius 1 is 1.19 bits per heavy atom. The Morgan fingerprint density at radius 2 is 1.93 bits per heavy atom. The molecule has 0 fully saturated rings. The number of ether oxygens (including phenoxy) is 1. The van der Waals surface area contributed by atoms with E-state index in [0.717, 1.165) is 23.3 Å². The van der Waals surface area contributed by atoms with Gasteiger partial charge in [-0.1, -0.05) is 35.9 Å². The largest absolute Gasteiger partial charge is 0.493 e. The number of hydrogen-bond donors (Lipinski definition) is 1. The molecule has 0 aliphatic heterocycles. The van der Waals surface area contributed by atoms with Crippen LogP contribution in [0.3, 0.4) is 0 Å². The zero-order valence-corrected chi connectivity index (χ0v) is 16.2. The molecule has 2 aromatic carbocycles. The molecule has 0 spiro atoms. The highest BCUT2D eigenvalue weighted by Gasteiger charge is 2.11. The highest BCUT2D eigenvalue weighted by Crippen LogP contribution is 2.25. The van der Waals surface area contributed by atoms with E-state index in [-0.39, 0.29) is 4.90 Å². The predicted molar refractivity (Wildman–Crippen MR) is 103 cm³/mol. The summed E-state index contributed by atoms with van der Waals surface area (Å²) < 4.78 is 30.1. The molecule has 0 aliphatic carbocycles. The van der Waals surface area contributed by atoms with E-state index in [1.807, 2.05) is 19.1 Å². The number of hydrogen-bond acceptors (Lipinski definition) is 5. The molecule has 0 saturated heterocycles. The monoisotopic (exact) mass is 406 g/mol. The summed E-state index contributed by atoms with van der Waals surface area (Å²) >= 11 is 6.11. The van der Waals surface area contributed by atoms with Gasteiger partial charge in [0.05, 0.1) is 24.2 Å². The van der Waals surface area contributed by atoms with Crippen LogP contribution in [0.2, 0.25) is 5.02 Å². The normalized spacial score (nSPS) is 11.5. The zero-order valence-electron chi connectivity index (χ0n) is 14.7. The lowest BCUT2D eigenvalue weighted by atomic mass is 10.2. The van der Waals surface area contributed by atoms with Crippen molar-refractivity contribution < 1.29 is 13.2 Å². The molecule has 3 aromatic rings. The second-order valence-corrected chi connectivity index (χ2v) is 7.97. The molecule has 1 heterocycles. The molecule has 0 aliphatic rings. The highest BCUT2D eigenvalue weighted by atomic mass is 35.5. The Balaban J connectivity index is 1.81. The van der Waals surface area contributed by atoms with Crippen molar-refractivity contribution in [1.82, 2.24) is 15.0 Å². The average molecular weight is 407 g/mol. The van der Waals surface area contributed by atoms with Crippen molar-refractivity contribution in [3.05, 3.63) is 59.2 Å². The molecule has 3 rings (SSSR count). The van der Waals surface area contributed by atoms with Gasteiger partial charge in [-0.3, -0.25) is 0 Å². The summed E-state index contributed by atoms with van der Waals surface area (Å²) in [7, 11) is -3.72. The van der Waals surface area contributed by atoms with Gasteiger partial charge in [-0.15, -0.1) is 5.10 Å². The number of halogens is 1. The van der Waals surface area contributed by atoms with Crippen LogP contribution in [-0.2, 0) is 16.6 Å². The summed E-state index contributed by atoms with van der Waals surface area (Å²) in [5.74, 6) is 0.760. The lowest BCUT2D eigenvalue weighted by Crippen LogP contribution is -2.11. The summed E-state index contributed by atoms with van der Waals surface area (Å²) in [6.07, 6.45) is 2.68. The fraction of sp³-hybridized carbons (Fsp3) is 0.222. The molecule has 27 heavy (non-hydrogen) atoms. The minimum atomic E-state index is -3.72. The van der Waals surface area contributed by atoms with Gasteiger partial charge in [0.25, 0.3) is 0 Å². The Labute approximate surface area is 162 Å². The molecule has 0 radical (unpaired) electrons. The van der Waals surface area contributed by atoms with Crippen LogP contribution in [0, 0.1) is 0 Å². The fourth-order valence-corrected chi connectivity index (χ4v) is 3.23. The Bertz CT molecular complexity index is 1030. The topological polar surface area (TPSA) is 100 Å². The SMILES string of the molecule is CCCOc1ccc(Cl)cc1Cn1cc(-c2ccc(S(N)(=O)=O)cc2)nn1. The average Bonchev–Trinajstić information content (AvgIpc) is 3.09. The van der Waals surface area contributed by atoms with Gasteiger partial charge >= 0.3 is 0 Å². The van der Waals surface area contributed by atoms with Crippen LogP contribution in [0.1, 0.15) is 18.9 Å². The van der Waals surface area contributed by atoms with Crippen molar-refractivity contribution in [2.75, 3.05) is 6.61 Å². The van der Waals surface area contributed by atoms with Crippen molar-refractivity contribution in [3.63, 3.8) is 0 Å². The summed E-state index contributed by atoms with van der Waals surface area (Å²) in [6, 6.07) is 11.6. The smallest absolute Gasteiger partial charge is 0.238 e. The van der Waals surface area contributed by atoms with Crippen LogP contribution >= 0.6 is 11.6 Å². The first-order chi connectivity index (χ1) is 12.9. The third kappa shape index (κ3) is 4.85. The summed E-state index contributed by atoms with van der Waals surface area (Å²) in [5.41, 5.74) is 2.26. The molecule has 1 aromatic heterocycles. The van der Waals surface area contributed by atoms with E-state index in [9.17, 15) is 8.42 Å².